The molecule has 3 nitrogen and oxygen atoms in total. The maximum absolute atomic E-state index is 12.4. The van der Waals surface area contributed by atoms with Crippen molar-refractivity contribution in [1.82, 2.24) is 0 Å². The molecule has 0 fully saturated rings. The van der Waals surface area contributed by atoms with Gasteiger partial charge >= 0.3 is 12.1 Å². The first-order chi connectivity index (χ1) is 10.4. The number of carbonyl (C=O) groups excluding carboxylic acids is 1. The second-order valence-corrected chi connectivity index (χ2v) is 4.62. The molecule has 0 aliphatic rings. The van der Waals surface area contributed by atoms with E-state index in [1.54, 1.807) is 24.3 Å². The van der Waals surface area contributed by atoms with E-state index in [2.05, 4.69) is 10.1 Å². The second kappa shape index (κ2) is 6.51. The Bertz CT molecular complexity index is 634. The van der Waals surface area contributed by atoms with E-state index in [0.29, 0.717) is 12.1 Å². The molecule has 0 amide bonds. The molecule has 0 saturated heterocycles. The molecule has 2 aromatic rings. The van der Waals surface area contributed by atoms with Crippen molar-refractivity contribution < 1.29 is 22.7 Å². The maximum atomic E-state index is 12.4. The lowest BCUT2D eigenvalue weighted by molar-refractivity contribution is -0.137. The smallest absolute Gasteiger partial charge is 0.416 e. The number of methoxy groups -OCH3 is 1. The van der Waals surface area contributed by atoms with Gasteiger partial charge in [0.15, 0.2) is 0 Å². The number of rotatable bonds is 4. The molecule has 116 valence electrons. The van der Waals surface area contributed by atoms with Gasteiger partial charge in [0.25, 0.3) is 0 Å². The number of halogens is 3. The number of alkyl halides is 3. The Kier molecular flexibility index (Phi) is 4.70. The fourth-order valence-corrected chi connectivity index (χ4v) is 1.86. The predicted molar refractivity (Wildman–Crippen MR) is 76.6 cm³/mol. The standard InChI is InChI=1S/C16H14F3NO2/c1-22-15(21)12-4-8-14(9-5-12)20-10-11-2-6-13(7-3-11)16(17,18)19/h2-9,20H,10H2,1H3. The van der Waals surface area contributed by atoms with E-state index >= 15 is 0 Å². The summed E-state index contributed by atoms with van der Waals surface area (Å²) in [4.78, 5) is 11.3. The van der Waals surface area contributed by atoms with Crippen LogP contribution in [0.3, 0.4) is 0 Å². The highest BCUT2D eigenvalue weighted by Gasteiger charge is 2.29. The molecule has 0 unspecified atom stereocenters. The Balaban J connectivity index is 1.97. The summed E-state index contributed by atoms with van der Waals surface area (Å²) in [5, 5.41) is 3.07. The van der Waals surface area contributed by atoms with Crippen molar-refractivity contribution in [2.75, 3.05) is 12.4 Å². The van der Waals surface area contributed by atoms with Crippen LogP contribution < -0.4 is 5.32 Å². The summed E-state index contributed by atoms with van der Waals surface area (Å²) in [5.74, 6) is -0.422. The van der Waals surface area contributed by atoms with Gasteiger partial charge in [-0.2, -0.15) is 13.2 Å². The number of benzene rings is 2. The number of esters is 1. The third-order valence-electron chi connectivity index (χ3n) is 3.08. The summed E-state index contributed by atoms with van der Waals surface area (Å²) in [5.41, 5.74) is 1.25. The van der Waals surface area contributed by atoms with Crippen molar-refractivity contribution in [3.8, 4) is 0 Å². The molecule has 0 saturated carbocycles. The van der Waals surface area contributed by atoms with Crippen molar-refractivity contribution in [3.05, 3.63) is 65.2 Å². The normalized spacial score (nSPS) is 11.1. The van der Waals surface area contributed by atoms with Crippen LogP contribution in [0.2, 0.25) is 0 Å². The first-order valence-corrected chi connectivity index (χ1v) is 6.48. The summed E-state index contributed by atoms with van der Waals surface area (Å²) >= 11 is 0. The minimum atomic E-state index is -4.32. The van der Waals surface area contributed by atoms with Crippen LogP contribution in [0.1, 0.15) is 21.5 Å². The molecule has 0 radical (unpaired) electrons. The molecular formula is C16H14F3NO2. The van der Waals surface area contributed by atoms with Crippen LogP contribution in [0.5, 0.6) is 0 Å². The van der Waals surface area contributed by atoms with Crippen LogP contribution in [0.15, 0.2) is 48.5 Å². The van der Waals surface area contributed by atoms with E-state index in [0.717, 1.165) is 23.4 Å². The van der Waals surface area contributed by atoms with Crippen molar-refractivity contribution >= 4 is 11.7 Å². The SMILES string of the molecule is COC(=O)c1ccc(NCc2ccc(C(F)(F)F)cc2)cc1. The Morgan fingerprint density at radius 2 is 1.64 bits per heavy atom. The largest absolute Gasteiger partial charge is 0.465 e. The zero-order valence-electron chi connectivity index (χ0n) is 11.8. The van der Waals surface area contributed by atoms with Crippen molar-refractivity contribution in [2.24, 2.45) is 0 Å². The first-order valence-electron chi connectivity index (χ1n) is 6.48. The van der Waals surface area contributed by atoms with Crippen LogP contribution >= 0.6 is 0 Å². The van der Waals surface area contributed by atoms with Crippen molar-refractivity contribution in [3.63, 3.8) is 0 Å². The Morgan fingerprint density at radius 1 is 1.05 bits per heavy atom. The van der Waals surface area contributed by atoms with Gasteiger partial charge in [0.2, 0.25) is 0 Å². The van der Waals surface area contributed by atoms with Gasteiger partial charge in [0, 0.05) is 12.2 Å². The van der Waals surface area contributed by atoms with Crippen LogP contribution in [-0.2, 0) is 17.5 Å². The Hall–Kier alpha value is -2.50. The summed E-state index contributed by atoms with van der Waals surface area (Å²) in [6.07, 6.45) is -4.32. The highest BCUT2D eigenvalue weighted by Crippen LogP contribution is 2.29. The zero-order chi connectivity index (χ0) is 16.2. The quantitative estimate of drug-likeness (QED) is 0.864. The third kappa shape index (κ3) is 4.00. The number of ether oxygens (including phenoxy) is 1. The first kappa shape index (κ1) is 15.9. The van der Waals surface area contributed by atoms with Gasteiger partial charge in [-0.3, -0.25) is 0 Å². The molecule has 0 aromatic heterocycles. The molecule has 0 atom stereocenters. The second-order valence-electron chi connectivity index (χ2n) is 4.62. The molecule has 2 aromatic carbocycles. The highest BCUT2D eigenvalue weighted by atomic mass is 19.4. The van der Waals surface area contributed by atoms with Gasteiger partial charge in [0.05, 0.1) is 18.2 Å². The monoisotopic (exact) mass is 309 g/mol. The number of hydrogen-bond donors (Lipinski definition) is 1. The average Bonchev–Trinajstić information content (AvgIpc) is 2.52. The van der Waals surface area contributed by atoms with E-state index < -0.39 is 17.7 Å². The third-order valence-corrected chi connectivity index (χ3v) is 3.08. The molecule has 2 rings (SSSR count). The van der Waals surface area contributed by atoms with Gasteiger partial charge in [0.1, 0.15) is 0 Å². The topological polar surface area (TPSA) is 38.3 Å². The highest BCUT2D eigenvalue weighted by molar-refractivity contribution is 5.89. The molecule has 6 heteroatoms. The molecule has 0 aliphatic carbocycles. The van der Waals surface area contributed by atoms with Crippen molar-refractivity contribution in [1.29, 1.82) is 0 Å². The van der Waals surface area contributed by atoms with Crippen LogP contribution in [0.25, 0.3) is 0 Å². The lowest BCUT2D eigenvalue weighted by Gasteiger charge is -2.09. The molecule has 0 heterocycles. The average molecular weight is 309 g/mol. The van der Waals surface area contributed by atoms with E-state index in [1.165, 1.54) is 19.2 Å². The summed E-state index contributed by atoms with van der Waals surface area (Å²) in [7, 11) is 1.30. The minimum Gasteiger partial charge on any atom is -0.465 e. The Labute approximate surface area is 125 Å². The molecular weight excluding hydrogens is 295 g/mol. The molecule has 22 heavy (non-hydrogen) atoms. The van der Waals surface area contributed by atoms with Crippen LogP contribution in [0, 0.1) is 0 Å². The van der Waals surface area contributed by atoms with E-state index in [9.17, 15) is 18.0 Å². The van der Waals surface area contributed by atoms with Gasteiger partial charge < -0.3 is 10.1 Å². The lowest BCUT2D eigenvalue weighted by Crippen LogP contribution is -2.06. The summed E-state index contributed by atoms with van der Waals surface area (Å²) in [6.45, 7) is 0.385. The predicted octanol–water partition coefficient (Wildman–Crippen LogP) is 4.10. The number of carbonyl (C=O) groups is 1. The van der Waals surface area contributed by atoms with Gasteiger partial charge in [-0.25, -0.2) is 4.79 Å². The molecule has 0 aliphatic heterocycles. The van der Waals surface area contributed by atoms with E-state index in [-0.39, 0.29) is 0 Å². The van der Waals surface area contributed by atoms with Gasteiger partial charge in [-0.15, -0.1) is 0 Å². The van der Waals surface area contributed by atoms with E-state index in [1.807, 2.05) is 0 Å². The van der Waals surface area contributed by atoms with Crippen LogP contribution in [0.4, 0.5) is 18.9 Å². The van der Waals surface area contributed by atoms with Gasteiger partial charge in [-0.1, -0.05) is 12.1 Å². The number of nitrogens with one attached hydrogen (secondary N) is 1. The van der Waals surface area contributed by atoms with Crippen LogP contribution in [-0.4, -0.2) is 13.1 Å². The number of anilines is 1. The summed E-state index contributed by atoms with van der Waals surface area (Å²) < 4.78 is 41.9. The minimum absolute atomic E-state index is 0.385. The zero-order valence-corrected chi connectivity index (χ0v) is 11.8. The molecule has 0 spiro atoms. The Morgan fingerprint density at radius 3 is 2.14 bits per heavy atom. The maximum Gasteiger partial charge on any atom is 0.416 e. The van der Waals surface area contributed by atoms with E-state index in [4.69, 9.17) is 0 Å². The van der Waals surface area contributed by atoms with Crippen molar-refractivity contribution in [2.45, 2.75) is 12.7 Å². The van der Waals surface area contributed by atoms with Gasteiger partial charge in [-0.05, 0) is 42.0 Å². The molecule has 1 N–H and O–H groups in total. The number of hydrogen-bond acceptors (Lipinski definition) is 3. The molecule has 0 bridgehead atoms. The fraction of sp³-hybridized carbons (Fsp3) is 0.188. The summed E-state index contributed by atoms with van der Waals surface area (Å²) in [6, 6.07) is 11.6. The fourth-order valence-electron chi connectivity index (χ4n) is 1.86. The lowest BCUT2D eigenvalue weighted by atomic mass is 10.1.